The predicted molar refractivity (Wildman–Crippen MR) is 120 cm³/mol. The van der Waals surface area contributed by atoms with Gasteiger partial charge in [-0.05, 0) is 22.1 Å². The normalized spacial score (nSPS) is 18.1. The molecule has 1 N–H and O–H groups in total. The van der Waals surface area contributed by atoms with Gasteiger partial charge in [0.1, 0.15) is 5.60 Å². The van der Waals surface area contributed by atoms with Crippen LogP contribution in [0.4, 0.5) is 4.79 Å². The molecule has 158 valence electrons. The van der Waals surface area contributed by atoms with Crippen molar-refractivity contribution in [2.75, 3.05) is 13.1 Å². The molecule has 5 nitrogen and oxygen atoms in total. The van der Waals surface area contributed by atoms with Gasteiger partial charge in [-0.1, -0.05) is 80.5 Å². The molecule has 0 radical (unpaired) electrons. The lowest BCUT2D eigenvalue weighted by atomic mass is 9.84. The zero-order chi connectivity index (χ0) is 21.2. The van der Waals surface area contributed by atoms with Crippen molar-refractivity contribution in [2.24, 2.45) is 5.16 Å². The van der Waals surface area contributed by atoms with Gasteiger partial charge in [0, 0.05) is 38.9 Å². The maximum Gasteiger partial charge on any atom is 0.317 e. The number of nitrogens with zero attached hydrogens (tertiary/aromatic N) is 2. The number of oxime groups is 1. The summed E-state index contributed by atoms with van der Waals surface area (Å²) in [5.74, 6) is 0. The van der Waals surface area contributed by atoms with Crippen molar-refractivity contribution in [1.29, 1.82) is 0 Å². The van der Waals surface area contributed by atoms with E-state index < -0.39 is 0 Å². The summed E-state index contributed by atoms with van der Waals surface area (Å²) in [5, 5.41) is 7.44. The number of nitrogens with one attached hydrogen (secondary N) is 1. The summed E-state index contributed by atoms with van der Waals surface area (Å²) in [5.41, 5.74) is 4.43. The number of hydrogen-bond acceptors (Lipinski definition) is 3. The first kappa shape index (κ1) is 20.5. The van der Waals surface area contributed by atoms with Crippen LogP contribution in [0.5, 0.6) is 0 Å². The SMILES string of the molecule is CC(C)(C)c1ccc(C2=NOC3(CCN(C(=O)NCc4ccccc4)CC3)C2)cc1. The molecular formula is C25H31N3O2. The van der Waals surface area contributed by atoms with Crippen molar-refractivity contribution < 1.29 is 9.63 Å². The molecule has 1 saturated heterocycles. The van der Waals surface area contributed by atoms with E-state index in [-0.39, 0.29) is 17.0 Å². The molecule has 0 saturated carbocycles. The lowest BCUT2D eigenvalue weighted by Crippen LogP contribution is -2.49. The molecule has 0 unspecified atom stereocenters. The Balaban J connectivity index is 1.29. The van der Waals surface area contributed by atoms with Gasteiger partial charge in [0.25, 0.3) is 0 Å². The first-order chi connectivity index (χ1) is 14.3. The summed E-state index contributed by atoms with van der Waals surface area (Å²) >= 11 is 0. The number of hydrogen-bond donors (Lipinski definition) is 1. The summed E-state index contributed by atoms with van der Waals surface area (Å²) < 4.78 is 0. The number of carbonyl (C=O) groups excluding carboxylic acids is 1. The van der Waals surface area contributed by atoms with Crippen LogP contribution in [0, 0.1) is 0 Å². The van der Waals surface area contributed by atoms with Gasteiger partial charge >= 0.3 is 6.03 Å². The van der Waals surface area contributed by atoms with E-state index in [9.17, 15) is 4.79 Å². The highest BCUT2D eigenvalue weighted by Crippen LogP contribution is 2.36. The Morgan fingerprint density at radius 1 is 1.07 bits per heavy atom. The summed E-state index contributed by atoms with van der Waals surface area (Å²) in [7, 11) is 0. The third kappa shape index (κ3) is 4.50. The summed E-state index contributed by atoms with van der Waals surface area (Å²) in [6.45, 7) is 8.58. The highest BCUT2D eigenvalue weighted by molar-refractivity contribution is 6.01. The zero-order valence-corrected chi connectivity index (χ0v) is 18.1. The van der Waals surface area contributed by atoms with Gasteiger partial charge in [0.15, 0.2) is 0 Å². The fourth-order valence-electron chi connectivity index (χ4n) is 4.11. The minimum Gasteiger partial charge on any atom is -0.388 e. The molecule has 0 atom stereocenters. The number of carbonyl (C=O) groups is 1. The van der Waals surface area contributed by atoms with Crippen LogP contribution in [0.3, 0.4) is 0 Å². The molecule has 2 aromatic carbocycles. The molecule has 2 aliphatic rings. The average molecular weight is 406 g/mol. The number of piperidine rings is 1. The van der Waals surface area contributed by atoms with Gasteiger partial charge < -0.3 is 15.1 Å². The number of benzene rings is 2. The third-order valence-electron chi connectivity index (χ3n) is 6.17. The van der Waals surface area contributed by atoms with E-state index >= 15 is 0 Å². The summed E-state index contributed by atoms with van der Waals surface area (Å²) in [6.07, 6.45) is 2.42. The number of likely N-dealkylation sites (tertiary alicyclic amines) is 1. The highest BCUT2D eigenvalue weighted by Gasteiger charge is 2.43. The molecule has 0 aliphatic carbocycles. The zero-order valence-electron chi connectivity index (χ0n) is 18.1. The largest absolute Gasteiger partial charge is 0.388 e. The van der Waals surface area contributed by atoms with Gasteiger partial charge in [-0.25, -0.2) is 4.79 Å². The second kappa shape index (κ2) is 8.13. The number of amides is 2. The maximum absolute atomic E-state index is 12.5. The second-order valence-electron chi connectivity index (χ2n) is 9.45. The molecule has 4 rings (SSSR count). The van der Waals surface area contributed by atoms with Crippen molar-refractivity contribution in [3.8, 4) is 0 Å². The van der Waals surface area contributed by atoms with Gasteiger partial charge in [0.2, 0.25) is 0 Å². The smallest absolute Gasteiger partial charge is 0.317 e. The van der Waals surface area contributed by atoms with E-state index in [1.54, 1.807) is 0 Å². The summed E-state index contributed by atoms with van der Waals surface area (Å²) in [4.78, 5) is 20.3. The van der Waals surface area contributed by atoms with Crippen LogP contribution in [0.25, 0.3) is 0 Å². The van der Waals surface area contributed by atoms with Crippen LogP contribution in [0.1, 0.15) is 56.7 Å². The van der Waals surface area contributed by atoms with Gasteiger partial charge in [0.05, 0.1) is 5.71 Å². The van der Waals surface area contributed by atoms with Crippen LogP contribution in [-0.4, -0.2) is 35.3 Å². The van der Waals surface area contributed by atoms with Crippen LogP contribution < -0.4 is 5.32 Å². The number of urea groups is 1. The van der Waals surface area contributed by atoms with E-state index in [4.69, 9.17) is 4.84 Å². The monoisotopic (exact) mass is 405 g/mol. The molecular weight excluding hydrogens is 374 g/mol. The fraction of sp³-hybridized carbons (Fsp3) is 0.440. The van der Waals surface area contributed by atoms with Crippen molar-refractivity contribution in [3.63, 3.8) is 0 Å². The Bertz CT molecular complexity index is 906. The van der Waals surface area contributed by atoms with Gasteiger partial charge in [-0.15, -0.1) is 0 Å². The molecule has 0 bridgehead atoms. The quantitative estimate of drug-likeness (QED) is 0.793. The molecule has 2 aromatic rings. The van der Waals surface area contributed by atoms with Crippen LogP contribution in [-0.2, 0) is 16.8 Å². The Kier molecular flexibility index (Phi) is 5.54. The molecule has 30 heavy (non-hydrogen) atoms. The molecule has 0 aromatic heterocycles. The molecule has 2 heterocycles. The Morgan fingerprint density at radius 3 is 2.37 bits per heavy atom. The van der Waals surface area contributed by atoms with Gasteiger partial charge in [-0.3, -0.25) is 0 Å². The molecule has 2 amide bonds. The van der Waals surface area contributed by atoms with Crippen molar-refractivity contribution in [1.82, 2.24) is 10.2 Å². The van der Waals surface area contributed by atoms with E-state index in [1.165, 1.54) is 5.56 Å². The maximum atomic E-state index is 12.5. The molecule has 2 aliphatic heterocycles. The van der Waals surface area contributed by atoms with Crippen LogP contribution in [0.15, 0.2) is 59.8 Å². The Labute approximate surface area is 179 Å². The average Bonchev–Trinajstić information content (AvgIpc) is 3.16. The predicted octanol–water partition coefficient (Wildman–Crippen LogP) is 4.85. The minimum absolute atomic E-state index is 0.00869. The second-order valence-corrected chi connectivity index (χ2v) is 9.45. The molecule has 1 fully saturated rings. The van der Waals surface area contributed by atoms with Crippen LogP contribution >= 0.6 is 0 Å². The molecule has 5 heteroatoms. The van der Waals surface area contributed by atoms with Crippen molar-refractivity contribution in [2.45, 2.75) is 57.6 Å². The first-order valence-electron chi connectivity index (χ1n) is 10.8. The van der Waals surface area contributed by atoms with Crippen molar-refractivity contribution >= 4 is 11.7 Å². The highest BCUT2D eigenvalue weighted by atomic mass is 16.7. The van der Waals surface area contributed by atoms with Gasteiger partial charge in [-0.2, -0.15) is 0 Å². The summed E-state index contributed by atoms with van der Waals surface area (Å²) in [6, 6.07) is 18.6. The van der Waals surface area contributed by atoms with Crippen molar-refractivity contribution in [3.05, 3.63) is 71.3 Å². The lowest BCUT2D eigenvalue weighted by molar-refractivity contribution is -0.0550. The minimum atomic E-state index is -0.270. The Morgan fingerprint density at radius 2 is 1.73 bits per heavy atom. The lowest BCUT2D eigenvalue weighted by Gasteiger charge is -2.37. The van der Waals surface area contributed by atoms with E-state index in [1.807, 2.05) is 35.2 Å². The van der Waals surface area contributed by atoms with E-state index in [0.29, 0.717) is 19.6 Å². The molecule has 1 spiro atoms. The standard InChI is InChI=1S/C25H31N3O2/c1-24(2,3)21-11-9-20(10-12-21)22-17-25(30-27-22)13-15-28(16-14-25)23(29)26-18-19-7-5-4-6-8-19/h4-12H,13-18H2,1-3H3,(H,26,29). The van der Waals surface area contributed by atoms with Crippen LogP contribution in [0.2, 0.25) is 0 Å². The Hall–Kier alpha value is -2.82. The third-order valence-corrected chi connectivity index (χ3v) is 6.17. The fourth-order valence-corrected chi connectivity index (χ4v) is 4.11. The van der Waals surface area contributed by atoms with E-state index in [0.717, 1.165) is 36.1 Å². The topological polar surface area (TPSA) is 53.9 Å². The first-order valence-corrected chi connectivity index (χ1v) is 10.8. The number of rotatable bonds is 3. The van der Waals surface area contributed by atoms with E-state index in [2.05, 4.69) is 55.5 Å².